The van der Waals surface area contributed by atoms with E-state index < -0.39 is 18.1 Å². The Morgan fingerprint density at radius 3 is 2.34 bits per heavy atom. The van der Waals surface area contributed by atoms with Crippen LogP contribution in [0.25, 0.3) is 0 Å². The third kappa shape index (κ3) is 3.20. The number of hydroxylamine groups is 1. The normalized spacial score (nSPS) is 22.4. The Balaban J connectivity index is 1.62. The molecule has 3 aromatic rings. The van der Waals surface area contributed by atoms with Crippen LogP contribution in [-0.4, -0.2) is 25.0 Å². The molecule has 0 bridgehead atoms. The van der Waals surface area contributed by atoms with Crippen molar-refractivity contribution in [1.82, 2.24) is 0 Å². The van der Waals surface area contributed by atoms with Gasteiger partial charge in [0.05, 0.1) is 24.5 Å². The number of fused-ring (bicyclic) bond motifs is 1. The molecule has 2 saturated heterocycles. The van der Waals surface area contributed by atoms with Gasteiger partial charge in [-0.15, -0.1) is 0 Å². The number of hydrogen-bond acceptors (Lipinski definition) is 5. The number of aryl methyl sites for hydroxylation is 1. The van der Waals surface area contributed by atoms with E-state index in [4.69, 9.17) is 9.57 Å². The van der Waals surface area contributed by atoms with Crippen molar-refractivity contribution in [2.45, 2.75) is 19.1 Å². The number of imide groups is 1. The highest BCUT2D eigenvalue weighted by atomic mass is 79.9. The number of nitrogens with zero attached hydrogens (tertiary/aromatic N) is 2. The van der Waals surface area contributed by atoms with Gasteiger partial charge in [-0.25, -0.2) is 9.96 Å². The van der Waals surface area contributed by atoms with Crippen LogP contribution < -0.4 is 14.7 Å². The molecular formula is C25H21BrN2O4. The molecule has 162 valence electrons. The maximum atomic E-state index is 13.7. The van der Waals surface area contributed by atoms with Crippen LogP contribution in [0.5, 0.6) is 5.75 Å². The van der Waals surface area contributed by atoms with Crippen molar-refractivity contribution in [3.8, 4) is 5.75 Å². The van der Waals surface area contributed by atoms with E-state index in [1.165, 1.54) is 12.0 Å². The summed E-state index contributed by atoms with van der Waals surface area (Å²) in [6, 6.07) is 22.1. The van der Waals surface area contributed by atoms with Gasteiger partial charge >= 0.3 is 0 Å². The lowest BCUT2D eigenvalue weighted by molar-refractivity contribution is -0.126. The first-order chi connectivity index (χ1) is 15.5. The summed E-state index contributed by atoms with van der Waals surface area (Å²) in [6.07, 6.45) is -0.920. The highest BCUT2D eigenvalue weighted by Crippen LogP contribution is 2.49. The average Bonchev–Trinajstić information content (AvgIpc) is 3.30. The summed E-state index contributed by atoms with van der Waals surface area (Å²) in [5.41, 5.74) is 3.14. The maximum Gasteiger partial charge on any atom is 0.266 e. The van der Waals surface area contributed by atoms with Gasteiger partial charge in [-0.3, -0.25) is 14.4 Å². The third-order valence-electron chi connectivity index (χ3n) is 5.98. The molecule has 6 nitrogen and oxygen atoms in total. The lowest BCUT2D eigenvalue weighted by Gasteiger charge is -2.30. The summed E-state index contributed by atoms with van der Waals surface area (Å²) in [5, 5.41) is 1.72. The molecule has 0 N–H and O–H groups in total. The molecule has 2 aliphatic heterocycles. The molecule has 2 heterocycles. The molecule has 2 aliphatic rings. The monoisotopic (exact) mass is 492 g/mol. The predicted octanol–water partition coefficient (Wildman–Crippen LogP) is 4.82. The second-order valence-corrected chi connectivity index (χ2v) is 8.76. The van der Waals surface area contributed by atoms with Crippen molar-refractivity contribution in [1.29, 1.82) is 0 Å². The topological polar surface area (TPSA) is 59.1 Å². The number of carbonyl (C=O) groups excluding carboxylic acids is 2. The Labute approximate surface area is 194 Å². The maximum absolute atomic E-state index is 13.7. The molecule has 0 aromatic heterocycles. The number of anilines is 2. The summed E-state index contributed by atoms with van der Waals surface area (Å²) in [4.78, 5) is 34.6. The van der Waals surface area contributed by atoms with Gasteiger partial charge in [-0.05, 0) is 48.4 Å². The second-order valence-electron chi connectivity index (χ2n) is 7.85. The van der Waals surface area contributed by atoms with E-state index >= 15 is 0 Å². The lowest BCUT2D eigenvalue weighted by Crippen LogP contribution is -2.37. The minimum absolute atomic E-state index is 0.300. The van der Waals surface area contributed by atoms with Crippen LogP contribution in [0.1, 0.15) is 17.2 Å². The van der Waals surface area contributed by atoms with Crippen LogP contribution in [0.3, 0.4) is 0 Å². The van der Waals surface area contributed by atoms with Gasteiger partial charge < -0.3 is 4.74 Å². The Kier molecular flexibility index (Phi) is 5.23. The van der Waals surface area contributed by atoms with Crippen LogP contribution >= 0.6 is 15.9 Å². The van der Waals surface area contributed by atoms with Crippen molar-refractivity contribution >= 4 is 39.1 Å². The van der Waals surface area contributed by atoms with Gasteiger partial charge in [0.1, 0.15) is 11.7 Å². The summed E-state index contributed by atoms with van der Waals surface area (Å²) >= 11 is 3.53. The van der Waals surface area contributed by atoms with Crippen LogP contribution in [0, 0.1) is 12.8 Å². The highest BCUT2D eigenvalue weighted by Gasteiger charge is 2.60. The number of halogens is 1. The molecular weight excluding hydrogens is 472 g/mol. The van der Waals surface area contributed by atoms with Crippen LogP contribution in [0.15, 0.2) is 77.3 Å². The number of hydrogen-bond donors (Lipinski definition) is 0. The molecule has 0 saturated carbocycles. The average molecular weight is 493 g/mol. The van der Waals surface area contributed by atoms with Gasteiger partial charge in [0.15, 0.2) is 6.10 Å². The van der Waals surface area contributed by atoms with Gasteiger partial charge in [-0.2, -0.15) is 0 Å². The zero-order valence-corrected chi connectivity index (χ0v) is 19.2. The van der Waals surface area contributed by atoms with E-state index in [0.29, 0.717) is 11.4 Å². The van der Waals surface area contributed by atoms with Crippen molar-refractivity contribution in [3.05, 3.63) is 88.4 Å². The second kappa shape index (κ2) is 8.07. The first-order valence-electron chi connectivity index (χ1n) is 10.3. The van der Waals surface area contributed by atoms with E-state index in [2.05, 4.69) is 15.9 Å². The van der Waals surface area contributed by atoms with Gasteiger partial charge in [0, 0.05) is 4.47 Å². The van der Waals surface area contributed by atoms with E-state index in [1.54, 1.807) is 29.3 Å². The Bertz CT molecular complexity index is 1210. The van der Waals surface area contributed by atoms with Crippen molar-refractivity contribution < 1.29 is 19.2 Å². The van der Waals surface area contributed by atoms with Crippen molar-refractivity contribution in [2.75, 3.05) is 17.1 Å². The third-order valence-corrected chi connectivity index (χ3v) is 6.48. The fourth-order valence-corrected chi connectivity index (χ4v) is 4.93. The fourth-order valence-electron chi connectivity index (χ4n) is 4.52. The molecule has 3 unspecified atom stereocenters. The quantitative estimate of drug-likeness (QED) is 0.488. The minimum Gasteiger partial charge on any atom is -0.495 e. The molecule has 0 spiro atoms. The number of para-hydroxylation sites is 3. The molecule has 5 rings (SSSR count). The summed E-state index contributed by atoms with van der Waals surface area (Å²) in [7, 11) is 1.52. The van der Waals surface area contributed by atoms with E-state index in [9.17, 15) is 9.59 Å². The number of rotatable bonds is 4. The first-order valence-corrected chi connectivity index (χ1v) is 11.1. The number of methoxy groups -OCH3 is 1. The molecule has 32 heavy (non-hydrogen) atoms. The van der Waals surface area contributed by atoms with Crippen LogP contribution in [-0.2, 0) is 14.4 Å². The molecule has 7 heteroatoms. The minimum atomic E-state index is -0.920. The fraction of sp³-hybridized carbons (Fsp3) is 0.200. The molecule has 3 atom stereocenters. The Morgan fingerprint density at radius 1 is 0.906 bits per heavy atom. The number of benzene rings is 3. The zero-order valence-electron chi connectivity index (χ0n) is 17.6. The first kappa shape index (κ1) is 20.7. The smallest absolute Gasteiger partial charge is 0.266 e. The lowest BCUT2D eigenvalue weighted by atomic mass is 9.90. The van der Waals surface area contributed by atoms with Gasteiger partial charge in [0.2, 0.25) is 5.91 Å². The summed E-state index contributed by atoms with van der Waals surface area (Å²) in [6.45, 7) is 1.98. The number of ether oxygens (including phenoxy) is 1. The largest absolute Gasteiger partial charge is 0.495 e. The molecule has 2 amide bonds. The van der Waals surface area contributed by atoms with E-state index in [1.807, 2.05) is 55.5 Å². The number of amides is 2. The van der Waals surface area contributed by atoms with Gasteiger partial charge in [0.25, 0.3) is 5.91 Å². The van der Waals surface area contributed by atoms with E-state index in [-0.39, 0.29) is 11.8 Å². The molecule has 3 aromatic carbocycles. The summed E-state index contributed by atoms with van der Waals surface area (Å²) < 4.78 is 6.30. The zero-order chi connectivity index (χ0) is 22.4. The van der Waals surface area contributed by atoms with Crippen LogP contribution in [0.4, 0.5) is 11.4 Å². The predicted molar refractivity (Wildman–Crippen MR) is 124 cm³/mol. The van der Waals surface area contributed by atoms with E-state index in [0.717, 1.165) is 21.3 Å². The highest BCUT2D eigenvalue weighted by molar-refractivity contribution is 9.10. The van der Waals surface area contributed by atoms with Crippen molar-refractivity contribution in [3.63, 3.8) is 0 Å². The van der Waals surface area contributed by atoms with Crippen LogP contribution in [0.2, 0.25) is 0 Å². The standard InChI is InChI=1S/C25H21BrN2O4/c1-15-8-3-4-11-18(15)28-22(16-9-7-10-17(26)14-16)21-23(32-28)25(30)27(24(21)29)19-12-5-6-13-20(19)31-2/h3-14,21-23H,1-2H3. The van der Waals surface area contributed by atoms with Crippen molar-refractivity contribution in [2.24, 2.45) is 5.92 Å². The Morgan fingerprint density at radius 2 is 1.62 bits per heavy atom. The van der Waals surface area contributed by atoms with Gasteiger partial charge in [-0.1, -0.05) is 58.4 Å². The molecule has 0 aliphatic carbocycles. The Hall–Kier alpha value is -3.16. The molecule has 2 fully saturated rings. The summed E-state index contributed by atoms with van der Waals surface area (Å²) in [5.74, 6) is -0.920. The number of carbonyl (C=O) groups is 2. The molecule has 0 radical (unpaired) electrons. The SMILES string of the molecule is COc1ccccc1N1C(=O)C2ON(c3ccccc3C)C(c3cccc(Br)c3)C2C1=O.